The van der Waals surface area contributed by atoms with Crippen molar-refractivity contribution in [3.63, 3.8) is 0 Å². The number of fused-ring (bicyclic) bond motifs is 2. The summed E-state index contributed by atoms with van der Waals surface area (Å²) in [5, 5.41) is 7.33. The zero-order valence-electron chi connectivity index (χ0n) is 20.3. The van der Waals surface area contributed by atoms with Crippen molar-refractivity contribution in [2.45, 2.75) is 50.0 Å². The monoisotopic (exact) mass is 488 g/mol. The van der Waals surface area contributed by atoms with Crippen LogP contribution in [0, 0.1) is 0 Å². The van der Waals surface area contributed by atoms with Crippen LogP contribution in [0.5, 0.6) is 0 Å². The van der Waals surface area contributed by atoms with Crippen LogP contribution in [-0.2, 0) is 11.2 Å². The number of piperidine rings is 1. The van der Waals surface area contributed by atoms with Crippen LogP contribution in [0.15, 0.2) is 53.6 Å². The molecule has 7 heteroatoms. The minimum Gasteiger partial charge on any atom is -0.349 e. The van der Waals surface area contributed by atoms with E-state index in [4.69, 9.17) is 0 Å². The summed E-state index contributed by atoms with van der Waals surface area (Å²) in [5.41, 5.74) is 5.02. The van der Waals surface area contributed by atoms with E-state index in [9.17, 15) is 9.59 Å². The van der Waals surface area contributed by atoms with E-state index in [2.05, 4.69) is 58.6 Å². The van der Waals surface area contributed by atoms with Gasteiger partial charge in [0.15, 0.2) is 0 Å². The zero-order valence-corrected chi connectivity index (χ0v) is 21.2. The first-order valence-corrected chi connectivity index (χ1v) is 13.5. The highest BCUT2D eigenvalue weighted by Crippen LogP contribution is 2.32. The van der Waals surface area contributed by atoms with Gasteiger partial charge in [-0.05, 0) is 66.6 Å². The number of thioether (sulfide) groups is 1. The van der Waals surface area contributed by atoms with Gasteiger partial charge >= 0.3 is 0 Å². The first kappa shape index (κ1) is 23.8. The Morgan fingerprint density at radius 1 is 1.23 bits per heavy atom. The van der Waals surface area contributed by atoms with E-state index in [1.165, 1.54) is 28.3 Å². The topological polar surface area (TPSA) is 74.3 Å². The Balaban J connectivity index is 1.17. The second kappa shape index (κ2) is 10.4. The maximum atomic E-state index is 12.9. The van der Waals surface area contributed by atoms with Gasteiger partial charge in [0.25, 0.3) is 5.91 Å². The number of aryl methyl sites for hydroxylation is 1. The van der Waals surface area contributed by atoms with Crippen LogP contribution < -0.4 is 10.6 Å². The first-order valence-electron chi connectivity index (χ1n) is 12.5. The van der Waals surface area contributed by atoms with Crippen LogP contribution in [0.25, 0.3) is 10.9 Å². The van der Waals surface area contributed by atoms with E-state index in [1.807, 2.05) is 18.3 Å². The smallest absolute Gasteiger partial charge is 0.251 e. The number of benzene rings is 2. The second-order valence-electron chi connectivity index (χ2n) is 9.61. The lowest BCUT2D eigenvalue weighted by molar-refractivity contribution is -0.113. The molecule has 2 aliphatic rings. The number of anilines is 1. The molecule has 35 heavy (non-hydrogen) atoms. The van der Waals surface area contributed by atoms with Gasteiger partial charge in [0, 0.05) is 47.7 Å². The number of rotatable bonds is 6. The number of nitrogens with one attached hydrogen (secondary N) is 2. The highest BCUT2D eigenvalue weighted by molar-refractivity contribution is 8.00. The van der Waals surface area contributed by atoms with Crippen molar-refractivity contribution in [1.29, 1.82) is 0 Å². The molecule has 0 aliphatic carbocycles. The molecule has 2 aliphatic heterocycles. The third-order valence-corrected chi connectivity index (χ3v) is 8.16. The molecule has 0 bridgehead atoms. The summed E-state index contributed by atoms with van der Waals surface area (Å²) >= 11 is 1.51. The number of carbonyl (C=O) groups is 2. The van der Waals surface area contributed by atoms with E-state index >= 15 is 0 Å². The van der Waals surface area contributed by atoms with Crippen LogP contribution in [0.4, 0.5) is 5.69 Å². The van der Waals surface area contributed by atoms with Crippen LogP contribution in [0.3, 0.4) is 0 Å². The maximum Gasteiger partial charge on any atom is 0.251 e. The van der Waals surface area contributed by atoms with Crippen LogP contribution >= 0.6 is 11.8 Å². The van der Waals surface area contributed by atoms with Crippen LogP contribution in [-0.4, -0.2) is 53.1 Å². The molecule has 2 amide bonds. The van der Waals surface area contributed by atoms with Crippen molar-refractivity contribution in [2.75, 3.05) is 30.7 Å². The average Bonchev–Trinajstić information content (AvgIpc) is 2.88. The Hall–Kier alpha value is -2.90. The molecule has 1 aromatic heterocycles. The van der Waals surface area contributed by atoms with E-state index < -0.39 is 0 Å². The standard InChI is InChI=1S/C28H32N4O2S/c1-3-19-13-23-22(5-4-6-24(23)29-15-19)18(2)16-32-11-9-21(10-12-32)30-28(34)20-7-8-26-25(14-20)31-27(33)17-35-26/h4-8,13-15,18,21H,3,9-12,16-17H2,1-2H3,(H,30,34)(H,31,33). The molecule has 0 spiro atoms. The van der Waals surface area contributed by atoms with E-state index in [1.54, 1.807) is 6.07 Å². The van der Waals surface area contributed by atoms with Crippen LogP contribution in [0.2, 0.25) is 0 Å². The summed E-state index contributed by atoms with van der Waals surface area (Å²) < 4.78 is 0. The molecule has 3 heterocycles. The van der Waals surface area contributed by atoms with Crippen molar-refractivity contribution >= 4 is 40.2 Å². The summed E-state index contributed by atoms with van der Waals surface area (Å²) in [6.07, 6.45) is 4.85. The van der Waals surface area contributed by atoms with Crippen molar-refractivity contribution < 1.29 is 9.59 Å². The summed E-state index contributed by atoms with van der Waals surface area (Å²) in [4.78, 5) is 32.7. The van der Waals surface area contributed by atoms with Crippen molar-refractivity contribution in [2.24, 2.45) is 0 Å². The fraction of sp³-hybridized carbons (Fsp3) is 0.393. The average molecular weight is 489 g/mol. The number of nitrogens with zero attached hydrogens (tertiary/aromatic N) is 2. The van der Waals surface area contributed by atoms with E-state index in [0.717, 1.165) is 55.0 Å². The van der Waals surface area contributed by atoms with Gasteiger partial charge in [0.2, 0.25) is 5.91 Å². The van der Waals surface area contributed by atoms with Gasteiger partial charge < -0.3 is 15.5 Å². The number of hydrogen-bond acceptors (Lipinski definition) is 5. The molecule has 1 unspecified atom stereocenters. The molecule has 2 aromatic carbocycles. The number of hydrogen-bond donors (Lipinski definition) is 2. The highest BCUT2D eigenvalue weighted by Gasteiger charge is 2.24. The number of amides is 2. The predicted octanol–water partition coefficient (Wildman–Crippen LogP) is 4.84. The molecule has 3 aromatic rings. The molecule has 0 radical (unpaired) electrons. The molecule has 1 saturated heterocycles. The van der Waals surface area contributed by atoms with Gasteiger partial charge in [0.1, 0.15) is 0 Å². The fourth-order valence-corrected chi connectivity index (χ4v) is 5.87. The summed E-state index contributed by atoms with van der Waals surface area (Å²) in [7, 11) is 0. The molecule has 2 N–H and O–H groups in total. The lowest BCUT2D eigenvalue weighted by Crippen LogP contribution is -2.45. The van der Waals surface area contributed by atoms with Gasteiger partial charge in [0.05, 0.1) is 17.0 Å². The second-order valence-corrected chi connectivity index (χ2v) is 10.6. The van der Waals surface area contributed by atoms with Gasteiger partial charge in [-0.2, -0.15) is 0 Å². The number of carbonyl (C=O) groups excluding carboxylic acids is 2. The van der Waals surface area contributed by atoms with Crippen molar-refractivity contribution in [3.05, 3.63) is 65.4 Å². The molecule has 1 fully saturated rings. The Morgan fingerprint density at radius 2 is 2.06 bits per heavy atom. The van der Waals surface area contributed by atoms with E-state index in [-0.39, 0.29) is 17.9 Å². The highest BCUT2D eigenvalue weighted by atomic mass is 32.2. The number of aromatic nitrogens is 1. The van der Waals surface area contributed by atoms with Gasteiger partial charge in [-0.1, -0.05) is 26.0 Å². The Labute approximate surface area is 210 Å². The molecule has 182 valence electrons. The quantitative estimate of drug-likeness (QED) is 0.519. The predicted molar refractivity (Wildman–Crippen MR) is 142 cm³/mol. The summed E-state index contributed by atoms with van der Waals surface area (Å²) in [5.74, 6) is 0.737. The largest absolute Gasteiger partial charge is 0.349 e. The fourth-order valence-electron chi connectivity index (χ4n) is 5.08. The normalized spacial score (nSPS) is 17.6. The molecule has 0 saturated carbocycles. The summed E-state index contributed by atoms with van der Waals surface area (Å²) in [6, 6.07) is 14.5. The van der Waals surface area contributed by atoms with Crippen molar-refractivity contribution in [3.8, 4) is 0 Å². The SMILES string of the molecule is CCc1cnc2cccc(C(C)CN3CCC(NC(=O)c4ccc5c(c4)NC(=O)CS5)CC3)c2c1. The number of pyridine rings is 1. The molecule has 5 rings (SSSR count). The lowest BCUT2D eigenvalue weighted by atomic mass is 9.94. The van der Waals surface area contributed by atoms with Crippen molar-refractivity contribution in [1.82, 2.24) is 15.2 Å². The zero-order chi connectivity index (χ0) is 24.4. The minimum absolute atomic E-state index is 0.0211. The van der Waals surface area contributed by atoms with Gasteiger partial charge in [-0.25, -0.2) is 0 Å². The molecule has 6 nitrogen and oxygen atoms in total. The van der Waals surface area contributed by atoms with E-state index in [0.29, 0.717) is 17.2 Å². The first-order chi connectivity index (χ1) is 17.0. The van der Waals surface area contributed by atoms with Gasteiger partial charge in [-0.3, -0.25) is 14.6 Å². The molecular formula is C28H32N4O2S. The van der Waals surface area contributed by atoms with Crippen LogP contribution in [0.1, 0.15) is 54.1 Å². The third kappa shape index (κ3) is 5.36. The summed E-state index contributed by atoms with van der Waals surface area (Å²) in [6.45, 7) is 7.40. The maximum absolute atomic E-state index is 12.9. The minimum atomic E-state index is -0.0700. The Kier molecular flexibility index (Phi) is 7.07. The number of likely N-dealkylation sites (tertiary alicyclic amines) is 1. The Morgan fingerprint density at radius 3 is 2.86 bits per heavy atom. The molecular weight excluding hydrogens is 456 g/mol. The Bertz CT molecular complexity index is 1250. The molecule has 1 atom stereocenters. The third-order valence-electron chi connectivity index (χ3n) is 7.08. The van der Waals surface area contributed by atoms with Gasteiger partial charge in [-0.15, -0.1) is 11.8 Å². The lowest BCUT2D eigenvalue weighted by Gasteiger charge is -2.34.